The van der Waals surface area contributed by atoms with Crippen LogP contribution in [0.5, 0.6) is 0 Å². The summed E-state index contributed by atoms with van der Waals surface area (Å²) in [4.78, 5) is 9.02. The third-order valence-electron chi connectivity index (χ3n) is 3.99. The topological polar surface area (TPSA) is 43.1 Å². The van der Waals surface area contributed by atoms with E-state index in [2.05, 4.69) is 16.9 Å². The highest BCUT2D eigenvalue weighted by atomic mass is 35.5. The van der Waals surface area contributed by atoms with Crippen molar-refractivity contribution in [2.75, 3.05) is 0 Å². The number of fused-ring (bicyclic) bond motifs is 1. The minimum Gasteiger partial charge on any atom is -0.255 e. The Morgan fingerprint density at radius 2 is 1.79 bits per heavy atom. The van der Waals surface area contributed by atoms with Crippen molar-refractivity contribution in [3.05, 3.63) is 71.6 Å². The molecule has 0 amide bonds. The van der Waals surface area contributed by atoms with E-state index >= 15 is 0 Å². The van der Waals surface area contributed by atoms with Gasteiger partial charge < -0.3 is 0 Å². The highest BCUT2D eigenvalue weighted by molar-refractivity contribution is 6.30. The van der Waals surface area contributed by atoms with Crippen molar-refractivity contribution in [3.8, 4) is 22.5 Å². The molecule has 1 aromatic carbocycles. The summed E-state index contributed by atoms with van der Waals surface area (Å²) in [5, 5.41) is 5.51. The lowest BCUT2D eigenvalue weighted by atomic mass is 10.0. The van der Waals surface area contributed by atoms with Gasteiger partial charge in [0.1, 0.15) is 0 Å². The summed E-state index contributed by atoms with van der Waals surface area (Å²) in [6.45, 7) is 2.10. The first-order valence-corrected chi connectivity index (χ1v) is 8.19. The number of halogens is 1. The fourth-order valence-corrected chi connectivity index (χ4v) is 2.98. The lowest BCUT2D eigenvalue weighted by Gasteiger charge is -2.04. The molecule has 0 spiro atoms. The molecule has 0 aliphatic carbocycles. The Balaban J connectivity index is 2.00. The summed E-state index contributed by atoms with van der Waals surface area (Å²) in [7, 11) is 0. The summed E-state index contributed by atoms with van der Waals surface area (Å²) in [6, 6.07) is 15.6. The number of nitrogens with zero attached hydrogens (tertiary/aromatic N) is 4. The number of benzene rings is 1. The van der Waals surface area contributed by atoms with Crippen LogP contribution in [0.4, 0.5) is 0 Å². The predicted octanol–water partition coefficient (Wildman–Crippen LogP) is 4.67. The molecule has 3 heterocycles. The summed E-state index contributed by atoms with van der Waals surface area (Å²) in [6.07, 6.45) is 4.41. The van der Waals surface area contributed by atoms with E-state index in [1.165, 1.54) is 0 Å². The Labute approximate surface area is 144 Å². The van der Waals surface area contributed by atoms with Crippen LogP contribution < -0.4 is 0 Å². The molecule has 0 bridgehead atoms. The molecule has 24 heavy (non-hydrogen) atoms. The molecule has 4 rings (SSSR count). The molecule has 0 radical (unpaired) electrons. The van der Waals surface area contributed by atoms with E-state index in [4.69, 9.17) is 16.7 Å². The van der Waals surface area contributed by atoms with Gasteiger partial charge in [0.05, 0.1) is 17.1 Å². The van der Waals surface area contributed by atoms with Crippen LogP contribution >= 0.6 is 11.6 Å². The Kier molecular flexibility index (Phi) is 3.75. The number of aromatic nitrogens is 4. The maximum Gasteiger partial charge on any atom is 0.163 e. The van der Waals surface area contributed by atoms with Gasteiger partial charge in [-0.2, -0.15) is 5.10 Å². The van der Waals surface area contributed by atoms with Crippen molar-refractivity contribution in [3.63, 3.8) is 0 Å². The number of aryl methyl sites for hydroxylation is 1. The lowest BCUT2D eigenvalue weighted by molar-refractivity contribution is 0.890. The molecular formula is C19H15ClN4. The second kappa shape index (κ2) is 6.06. The van der Waals surface area contributed by atoms with Crippen LogP contribution in [0.3, 0.4) is 0 Å². The number of rotatable bonds is 3. The average Bonchev–Trinajstić information content (AvgIpc) is 3.02. The smallest absolute Gasteiger partial charge is 0.163 e. The zero-order valence-corrected chi connectivity index (χ0v) is 13.9. The minimum absolute atomic E-state index is 0.718. The predicted molar refractivity (Wildman–Crippen MR) is 96.0 cm³/mol. The van der Waals surface area contributed by atoms with Crippen LogP contribution in [0, 0.1) is 0 Å². The third-order valence-corrected chi connectivity index (χ3v) is 4.24. The molecule has 0 fully saturated rings. The first kappa shape index (κ1) is 14.8. The molecule has 3 aromatic heterocycles. The number of pyridine rings is 1. The van der Waals surface area contributed by atoms with E-state index in [0.29, 0.717) is 0 Å². The first-order chi connectivity index (χ1) is 11.8. The first-order valence-electron chi connectivity index (χ1n) is 7.82. The Bertz CT molecular complexity index is 991. The maximum absolute atomic E-state index is 6.03. The van der Waals surface area contributed by atoms with Crippen LogP contribution in [-0.4, -0.2) is 19.6 Å². The van der Waals surface area contributed by atoms with Gasteiger partial charge in [-0.1, -0.05) is 36.7 Å². The van der Waals surface area contributed by atoms with E-state index in [9.17, 15) is 0 Å². The highest BCUT2D eigenvalue weighted by Gasteiger charge is 2.17. The van der Waals surface area contributed by atoms with Crippen molar-refractivity contribution in [1.29, 1.82) is 0 Å². The fourth-order valence-electron chi connectivity index (χ4n) is 2.86. The van der Waals surface area contributed by atoms with Gasteiger partial charge in [-0.3, -0.25) is 4.98 Å². The molecule has 0 unspecified atom stereocenters. The van der Waals surface area contributed by atoms with E-state index in [-0.39, 0.29) is 0 Å². The highest BCUT2D eigenvalue weighted by Crippen LogP contribution is 2.31. The largest absolute Gasteiger partial charge is 0.255 e. The zero-order valence-electron chi connectivity index (χ0n) is 13.1. The van der Waals surface area contributed by atoms with E-state index in [1.54, 1.807) is 12.4 Å². The molecule has 4 aromatic rings. The molecule has 0 saturated heterocycles. The minimum atomic E-state index is 0.718. The van der Waals surface area contributed by atoms with Crippen molar-refractivity contribution in [2.45, 2.75) is 13.3 Å². The van der Waals surface area contributed by atoms with Crippen molar-refractivity contribution >= 4 is 17.2 Å². The second-order valence-electron chi connectivity index (χ2n) is 5.46. The summed E-state index contributed by atoms with van der Waals surface area (Å²) in [5.41, 5.74) is 5.75. The third kappa shape index (κ3) is 2.45. The van der Waals surface area contributed by atoms with Crippen molar-refractivity contribution in [1.82, 2.24) is 19.6 Å². The van der Waals surface area contributed by atoms with Crippen LogP contribution in [0.1, 0.15) is 12.6 Å². The maximum atomic E-state index is 6.03. The molecule has 0 atom stereocenters. The van der Waals surface area contributed by atoms with Crippen LogP contribution in [0.25, 0.3) is 28.2 Å². The van der Waals surface area contributed by atoms with Crippen molar-refractivity contribution in [2.24, 2.45) is 0 Å². The molecule has 0 aliphatic heterocycles. The van der Waals surface area contributed by atoms with E-state index < -0.39 is 0 Å². The van der Waals surface area contributed by atoms with E-state index in [1.807, 2.05) is 53.0 Å². The fraction of sp³-hybridized carbons (Fsp3) is 0.105. The van der Waals surface area contributed by atoms with Gasteiger partial charge in [0, 0.05) is 23.0 Å². The van der Waals surface area contributed by atoms with Gasteiger partial charge in [0.25, 0.3) is 0 Å². The van der Waals surface area contributed by atoms with Gasteiger partial charge in [-0.05, 0) is 42.3 Å². The lowest BCUT2D eigenvalue weighted by Crippen LogP contribution is -1.97. The van der Waals surface area contributed by atoms with Gasteiger partial charge in [-0.15, -0.1) is 0 Å². The zero-order chi connectivity index (χ0) is 16.5. The Hall–Kier alpha value is -2.72. The van der Waals surface area contributed by atoms with Crippen LogP contribution in [0.2, 0.25) is 5.02 Å². The van der Waals surface area contributed by atoms with Crippen LogP contribution in [0.15, 0.2) is 60.9 Å². The van der Waals surface area contributed by atoms with Crippen LogP contribution in [-0.2, 0) is 6.42 Å². The number of hydrogen-bond acceptors (Lipinski definition) is 3. The molecule has 4 nitrogen and oxygen atoms in total. The molecule has 5 heteroatoms. The van der Waals surface area contributed by atoms with Gasteiger partial charge >= 0.3 is 0 Å². The Morgan fingerprint density at radius 3 is 2.50 bits per heavy atom. The van der Waals surface area contributed by atoms with E-state index in [0.717, 1.165) is 45.3 Å². The normalized spacial score (nSPS) is 11.1. The molecule has 118 valence electrons. The van der Waals surface area contributed by atoms with Gasteiger partial charge in [0.15, 0.2) is 5.65 Å². The monoisotopic (exact) mass is 334 g/mol. The molecular weight excluding hydrogens is 320 g/mol. The standard InChI is InChI=1S/C19H15ClN4/c1-2-15-18(13-6-8-14(20)9-7-13)19-22-12-10-17(24(19)23-15)16-5-3-4-11-21-16/h3-12H,2H2,1H3. The number of hydrogen-bond donors (Lipinski definition) is 0. The molecule has 0 N–H and O–H groups in total. The SMILES string of the molecule is CCc1nn2c(-c3ccccn3)ccnc2c1-c1ccc(Cl)cc1. The molecule has 0 aliphatic rings. The Morgan fingerprint density at radius 1 is 0.958 bits per heavy atom. The average molecular weight is 335 g/mol. The van der Waals surface area contributed by atoms with Gasteiger partial charge in [0.2, 0.25) is 0 Å². The quantitative estimate of drug-likeness (QED) is 0.546. The summed E-state index contributed by atoms with van der Waals surface area (Å²) in [5.74, 6) is 0. The summed E-state index contributed by atoms with van der Waals surface area (Å²) >= 11 is 6.03. The second-order valence-corrected chi connectivity index (χ2v) is 5.90. The molecule has 0 saturated carbocycles. The van der Waals surface area contributed by atoms with Crippen molar-refractivity contribution < 1.29 is 0 Å². The summed E-state index contributed by atoms with van der Waals surface area (Å²) < 4.78 is 1.88. The van der Waals surface area contributed by atoms with Gasteiger partial charge in [-0.25, -0.2) is 9.50 Å².